The number of rotatable bonds is 3. The predicted octanol–water partition coefficient (Wildman–Crippen LogP) is 1.74. The number of hydrogen-bond acceptors (Lipinski definition) is 5. The maximum atomic E-state index is 13.4. The van der Waals surface area contributed by atoms with Crippen LogP contribution < -0.4 is 10.1 Å². The molecule has 0 bridgehead atoms. The van der Waals surface area contributed by atoms with Crippen LogP contribution in [0.25, 0.3) is 0 Å². The van der Waals surface area contributed by atoms with E-state index in [1.165, 1.54) is 10.4 Å². The van der Waals surface area contributed by atoms with Crippen molar-refractivity contribution in [3.05, 3.63) is 17.7 Å². The molecular weight excluding hydrogens is 394 g/mol. The van der Waals surface area contributed by atoms with Gasteiger partial charge in [0.25, 0.3) is 5.91 Å². The Labute approximate surface area is 171 Å². The molecule has 0 unspecified atom stereocenters. The summed E-state index contributed by atoms with van der Waals surface area (Å²) < 4.78 is 33.5. The van der Waals surface area contributed by atoms with E-state index >= 15 is 0 Å². The lowest BCUT2D eigenvalue weighted by Gasteiger charge is -2.36. The van der Waals surface area contributed by atoms with Gasteiger partial charge in [0.15, 0.2) is 6.61 Å². The summed E-state index contributed by atoms with van der Waals surface area (Å²) >= 11 is 0. The fourth-order valence-corrected chi connectivity index (χ4v) is 6.11. The molecule has 3 aliphatic heterocycles. The summed E-state index contributed by atoms with van der Waals surface area (Å²) in [4.78, 5) is 26.5. The highest BCUT2D eigenvalue weighted by Crippen LogP contribution is 2.35. The van der Waals surface area contributed by atoms with Crippen molar-refractivity contribution in [2.75, 3.05) is 38.1 Å². The zero-order valence-electron chi connectivity index (χ0n) is 16.6. The normalized spacial score (nSPS) is 23.1. The number of hydrogen-bond donors (Lipinski definition) is 1. The molecule has 0 aromatic heterocycles. The first kappa shape index (κ1) is 20.2. The van der Waals surface area contributed by atoms with Crippen LogP contribution in [0, 0.1) is 12.8 Å². The topological polar surface area (TPSA) is 96.0 Å². The fourth-order valence-electron chi connectivity index (χ4n) is 4.37. The third-order valence-electron chi connectivity index (χ3n) is 5.93. The molecule has 0 aliphatic carbocycles. The van der Waals surface area contributed by atoms with E-state index in [2.05, 4.69) is 5.32 Å². The zero-order valence-corrected chi connectivity index (χ0v) is 17.5. The van der Waals surface area contributed by atoms with Gasteiger partial charge >= 0.3 is 0 Å². The zero-order chi connectivity index (χ0) is 20.6. The van der Waals surface area contributed by atoms with Crippen LogP contribution in [0.3, 0.4) is 0 Å². The molecule has 4 rings (SSSR count). The molecule has 1 atom stereocenters. The SMILES string of the molecule is Cc1cc2c(cc1S(=O)(=O)N1CCC[C@@H](C(=O)N3CCCCC3)C1)OCC(=O)N2. The number of amides is 2. The molecule has 1 aromatic carbocycles. The van der Waals surface area contributed by atoms with Crippen molar-refractivity contribution in [3.63, 3.8) is 0 Å². The molecule has 2 fully saturated rings. The van der Waals surface area contributed by atoms with Crippen LogP contribution in [0.4, 0.5) is 5.69 Å². The maximum absolute atomic E-state index is 13.4. The van der Waals surface area contributed by atoms with Crippen molar-refractivity contribution >= 4 is 27.5 Å². The molecule has 0 radical (unpaired) electrons. The van der Waals surface area contributed by atoms with Gasteiger partial charge in [-0.2, -0.15) is 4.31 Å². The first-order valence-corrected chi connectivity index (χ1v) is 11.7. The van der Waals surface area contributed by atoms with Crippen molar-refractivity contribution in [2.45, 2.75) is 43.9 Å². The third-order valence-corrected chi connectivity index (χ3v) is 7.94. The van der Waals surface area contributed by atoms with Gasteiger partial charge in [-0.15, -0.1) is 0 Å². The van der Waals surface area contributed by atoms with E-state index in [1.807, 2.05) is 4.90 Å². The molecule has 1 aromatic rings. The Kier molecular flexibility index (Phi) is 5.52. The first-order chi connectivity index (χ1) is 13.9. The lowest BCUT2D eigenvalue weighted by molar-refractivity contribution is -0.137. The van der Waals surface area contributed by atoms with E-state index in [0.29, 0.717) is 30.0 Å². The summed E-state index contributed by atoms with van der Waals surface area (Å²) in [5.74, 6) is -0.114. The Hall–Kier alpha value is -2.13. The quantitative estimate of drug-likeness (QED) is 0.802. The monoisotopic (exact) mass is 421 g/mol. The van der Waals surface area contributed by atoms with Crippen LogP contribution in [-0.4, -0.2) is 62.2 Å². The molecule has 0 spiro atoms. The highest BCUT2D eigenvalue weighted by molar-refractivity contribution is 7.89. The second-order valence-electron chi connectivity index (χ2n) is 8.04. The molecule has 3 aliphatic rings. The minimum Gasteiger partial charge on any atom is -0.482 e. The summed E-state index contributed by atoms with van der Waals surface area (Å²) in [7, 11) is -3.77. The first-order valence-electron chi connectivity index (χ1n) is 10.2. The Morgan fingerprint density at radius 1 is 1.14 bits per heavy atom. The van der Waals surface area contributed by atoms with Crippen LogP contribution in [0.1, 0.15) is 37.7 Å². The van der Waals surface area contributed by atoms with Crippen LogP contribution >= 0.6 is 0 Å². The number of aryl methyl sites for hydroxylation is 1. The van der Waals surface area contributed by atoms with Crippen LogP contribution in [-0.2, 0) is 19.6 Å². The standard InChI is InChI=1S/C20H27N3O5S/c1-14-10-16-17(28-13-19(24)21-16)11-18(14)29(26,27)23-9-5-6-15(12-23)20(25)22-7-3-2-4-8-22/h10-11,15H,2-9,12-13H2,1H3,(H,21,24)/t15-/m1/s1. The summed E-state index contributed by atoms with van der Waals surface area (Å²) in [5.41, 5.74) is 1.02. The number of piperidine rings is 2. The number of carbonyl (C=O) groups is 2. The number of likely N-dealkylation sites (tertiary alicyclic amines) is 1. The lowest BCUT2D eigenvalue weighted by Crippen LogP contribution is -2.47. The molecule has 8 nitrogen and oxygen atoms in total. The van der Waals surface area contributed by atoms with E-state index in [1.54, 1.807) is 13.0 Å². The molecule has 2 amide bonds. The summed E-state index contributed by atoms with van der Waals surface area (Å²) in [5, 5.41) is 2.69. The second-order valence-corrected chi connectivity index (χ2v) is 9.95. The van der Waals surface area contributed by atoms with Gasteiger partial charge in [-0.3, -0.25) is 9.59 Å². The second kappa shape index (κ2) is 7.95. The van der Waals surface area contributed by atoms with Gasteiger partial charge in [0.05, 0.1) is 16.5 Å². The van der Waals surface area contributed by atoms with Crippen LogP contribution in [0.5, 0.6) is 5.75 Å². The molecule has 0 saturated carbocycles. The molecule has 3 heterocycles. The van der Waals surface area contributed by atoms with Gasteiger partial charge in [-0.25, -0.2) is 8.42 Å². The number of benzene rings is 1. The highest BCUT2D eigenvalue weighted by Gasteiger charge is 2.36. The number of fused-ring (bicyclic) bond motifs is 1. The fraction of sp³-hybridized carbons (Fsp3) is 0.600. The number of nitrogens with zero attached hydrogens (tertiary/aromatic N) is 2. The van der Waals surface area contributed by atoms with E-state index in [-0.39, 0.29) is 35.8 Å². The Balaban J connectivity index is 1.55. The van der Waals surface area contributed by atoms with Gasteiger partial charge < -0.3 is 15.0 Å². The number of carbonyl (C=O) groups excluding carboxylic acids is 2. The molecule has 2 saturated heterocycles. The molecule has 158 valence electrons. The number of anilines is 1. The van der Waals surface area contributed by atoms with E-state index < -0.39 is 10.0 Å². The lowest BCUT2D eigenvalue weighted by atomic mass is 9.97. The Morgan fingerprint density at radius 2 is 1.90 bits per heavy atom. The predicted molar refractivity (Wildman–Crippen MR) is 107 cm³/mol. The Bertz CT molecular complexity index is 924. The van der Waals surface area contributed by atoms with Gasteiger partial charge in [-0.1, -0.05) is 0 Å². The van der Waals surface area contributed by atoms with Gasteiger partial charge in [0.2, 0.25) is 15.9 Å². The summed E-state index contributed by atoms with van der Waals surface area (Å²) in [6.45, 7) is 3.73. The van der Waals surface area contributed by atoms with Crippen LogP contribution in [0.2, 0.25) is 0 Å². The summed E-state index contributed by atoms with van der Waals surface area (Å²) in [6.07, 6.45) is 4.57. The minimum absolute atomic E-state index is 0.0813. The highest BCUT2D eigenvalue weighted by atomic mass is 32.2. The number of ether oxygens (including phenoxy) is 1. The average Bonchev–Trinajstić information content (AvgIpc) is 2.73. The van der Waals surface area contributed by atoms with Gasteiger partial charge in [-0.05, 0) is 50.7 Å². The molecular formula is C20H27N3O5S. The number of nitrogens with one attached hydrogen (secondary N) is 1. The van der Waals surface area contributed by atoms with Gasteiger partial charge in [0, 0.05) is 32.2 Å². The molecule has 1 N–H and O–H groups in total. The average molecular weight is 422 g/mol. The molecule has 9 heteroatoms. The Morgan fingerprint density at radius 3 is 2.66 bits per heavy atom. The van der Waals surface area contributed by atoms with Crippen molar-refractivity contribution in [1.29, 1.82) is 0 Å². The van der Waals surface area contributed by atoms with Crippen molar-refractivity contribution in [3.8, 4) is 5.75 Å². The van der Waals surface area contributed by atoms with Gasteiger partial charge in [0.1, 0.15) is 5.75 Å². The molecule has 29 heavy (non-hydrogen) atoms. The number of sulfonamides is 1. The third kappa shape index (κ3) is 3.98. The van der Waals surface area contributed by atoms with E-state index in [0.717, 1.165) is 38.8 Å². The van der Waals surface area contributed by atoms with Crippen molar-refractivity contribution < 1.29 is 22.7 Å². The minimum atomic E-state index is -3.77. The van der Waals surface area contributed by atoms with Crippen LogP contribution in [0.15, 0.2) is 17.0 Å². The summed E-state index contributed by atoms with van der Waals surface area (Å²) in [6, 6.07) is 3.11. The van der Waals surface area contributed by atoms with E-state index in [9.17, 15) is 18.0 Å². The largest absolute Gasteiger partial charge is 0.482 e. The maximum Gasteiger partial charge on any atom is 0.262 e. The van der Waals surface area contributed by atoms with E-state index in [4.69, 9.17) is 4.74 Å². The van der Waals surface area contributed by atoms with Crippen molar-refractivity contribution in [2.24, 2.45) is 5.92 Å². The van der Waals surface area contributed by atoms with Crippen molar-refractivity contribution in [1.82, 2.24) is 9.21 Å². The smallest absolute Gasteiger partial charge is 0.262 e.